The van der Waals surface area contributed by atoms with Crippen molar-refractivity contribution in [2.75, 3.05) is 0 Å². The van der Waals surface area contributed by atoms with Gasteiger partial charge >= 0.3 is 6.61 Å². The lowest BCUT2D eigenvalue weighted by Gasteiger charge is -2.17. The second-order valence-electron chi connectivity index (χ2n) is 4.09. The zero-order valence-corrected chi connectivity index (χ0v) is 10.7. The van der Waals surface area contributed by atoms with Crippen LogP contribution in [0.15, 0.2) is 47.1 Å². The third kappa shape index (κ3) is 3.34. The Morgan fingerprint density at radius 2 is 2.00 bits per heavy atom. The summed E-state index contributed by atoms with van der Waals surface area (Å²) < 4.78 is 34.0. The summed E-state index contributed by atoms with van der Waals surface area (Å²) in [5.41, 5.74) is 0.465. The van der Waals surface area contributed by atoms with Gasteiger partial charge in [0.25, 0.3) is 5.91 Å². The lowest BCUT2D eigenvalue weighted by Crippen LogP contribution is -2.26. The fourth-order valence-corrected chi connectivity index (χ4v) is 1.79. The molecular formula is C14H13F2NO3. The van der Waals surface area contributed by atoms with Crippen LogP contribution in [0.4, 0.5) is 8.78 Å². The van der Waals surface area contributed by atoms with Gasteiger partial charge in [0.05, 0.1) is 12.3 Å². The molecule has 0 unspecified atom stereocenters. The van der Waals surface area contributed by atoms with Crippen molar-refractivity contribution in [3.8, 4) is 5.75 Å². The Bertz CT molecular complexity index is 570. The SMILES string of the molecule is C[C@@H](NC(=O)c1ccco1)c1ccccc1OC(F)F. The van der Waals surface area contributed by atoms with E-state index in [1.807, 2.05) is 0 Å². The maximum atomic E-state index is 12.3. The molecule has 0 radical (unpaired) electrons. The first-order chi connectivity index (χ1) is 9.58. The fraction of sp³-hybridized carbons (Fsp3) is 0.214. The van der Waals surface area contributed by atoms with E-state index < -0.39 is 18.6 Å². The number of amides is 1. The van der Waals surface area contributed by atoms with E-state index in [1.165, 1.54) is 18.4 Å². The van der Waals surface area contributed by atoms with E-state index in [0.717, 1.165) is 0 Å². The Balaban J connectivity index is 2.13. The summed E-state index contributed by atoms with van der Waals surface area (Å²) in [4.78, 5) is 11.8. The molecule has 2 aromatic rings. The molecule has 6 heteroatoms. The molecule has 0 bridgehead atoms. The van der Waals surface area contributed by atoms with Crippen molar-refractivity contribution in [2.45, 2.75) is 19.6 Å². The zero-order valence-electron chi connectivity index (χ0n) is 10.7. The monoisotopic (exact) mass is 281 g/mol. The number of benzene rings is 1. The highest BCUT2D eigenvalue weighted by molar-refractivity contribution is 5.91. The van der Waals surface area contributed by atoms with Crippen molar-refractivity contribution >= 4 is 5.91 Å². The fourth-order valence-electron chi connectivity index (χ4n) is 1.79. The average molecular weight is 281 g/mol. The first-order valence-corrected chi connectivity index (χ1v) is 5.96. The van der Waals surface area contributed by atoms with Crippen molar-refractivity contribution in [1.82, 2.24) is 5.32 Å². The average Bonchev–Trinajstić information content (AvgIpc) is 2.92. The van der Waals surface area contributed by atoms with Crippen LogP contribution in [0.1, 0.15) is 29.1 Å². The van der Waals surface area contributed by atoms with Gasteiger partial charge in [-0.25, -0.2) is 0 Å². The Labute approximate surface area is 114 Å². The second-order valence-corrected chi connectivity index (χ2v) is 4.09. The molecule has 1 aromatic heterocycles. The van der Waals surface area contributed by atoms with Gasteiger partial charge in [-0.3, -0.25) is 4.79 Å². The van der Waals surface area contributed by atoms with Gasteiger partial charge in [0.15, 0.2) is 5.76 Å². The number of hydrogen-bond donors (Lipinski definition) is 1. The molecule has 1 N–H and O–H groups in total. The van der Waals surface area contributed by atoms with Crippen LogP contribution in [0, 0.1) is 0 Å². The largest absolute Gasteiger partial charge is 0.459 e. The third-order valence-electron chi connectivity index (χ3n) is 2.69. The van der Waals surface area contributed by atoms with Crippen LogP contribution < -0.4 is 10.1 Å². The first-order valence-electron chi connectivity index (χ1n) is 5.96. The minimum atomic E-state index is -2.91. The number of nitrogens with one attached hydrogen (secondary N) is 1. The molecule has 0 spiro atoms. The van der Waals surface area contributed by atoms with Gasteiger partial charge in [0.1, 0.15) is 5.75 Å². The molecule has 0 aliphatic heterocycles. The summed E-state index contributed by atoms with van der Waals surface area (Å²) in [6, 6.07) is 8.92. The molecule has 2 rings (SSSR count). The molecule has 0 saturated carbocycles. The molecule has 20 heavy (non-hydrogen) atoms. The van der Waals surface area contributed by atoms with E-state index >= 15 is 0 Å². The van der Waals surface area contributed by atoms with Crippen LogP contribution in [-0.4, -0.2) is 12.5 Å². The van der Waals surface area contributed by atoms with Gasteiger partial charge in [-0.05, 0) is 25.1 Å². The Morgan fingerprint density at radius 3 is 2.65 bits per heavy atom. The second kappa shape index (κ2) is 6.18. The number of rotatable bonds is 5. The highest BCUT2D eigenvalue weighted by Crippen LogP contribution is 2.26. The molecular weight excluding hydrogens is 268 g/mol. The van der Waals surface area contributed by atoms with Gasteiger partial charge in [0, 0.05) is 5.56 Å². The van der Waals surface area contributed by atoms with Crippen molar-refractivity contribution in [1.29, 1.82) is 0 Å². The van der Waals surface area contributed by atoms with E-state index in [-0.39, 0.29) is 11.5 Å². The summed E-state index contributed by atoms with van der Waals surface area (Å²) in [6.45, 7) is -1.24. The Kier molecular flexibility index (Phi) is 4.34. The van der Waals surface area contributed by atoms with Crippen LogP contribution in [0.3, 0.4) is 0 Å². The van der Waals surface area contributed by atoms with Crippen LogP contribution in [-0.2, 0) is 0 Å². The molecule has 1 aromatic carbocycles. The van der Waals surface area contributed by atoms with Gasteiger partial charge < -0.3 is 14.5 Å². The van der Waals surface area contributed by atoms with Gasteiger partial charge in [-0.2, -0.15) is 8.78 Å². The lowest BCUT2D eigenvalue weighted by atomic mass is 10.1. The quantitative estimate of drug-likeness (QED) is 0.914. The standard InChI is InChI=1S/C14H13F2NO3/c1-9(17-13(18)12-7-4-8-19-12)10-5-2-3-6-11(10)20-14(15)16/h2-9,14H,1H3,(H,17,18)/t9-/m1/s1. The number of hydrogen-bond acceptors (Lipinski definition) is 3. The number of ether oxygens (including phenoxy) is 1. The molecule has 0 fully saturated rings. The molecule has 1 atom stereocenters. The number of alkyl halides is 2. The van der Waals surface area contributed by atoms with Crippen LogP contribution in [0.2, 0.25) is 0 Å². The number of para-hydroxylation sites is 1. The van der Waals surface area contributed by atoms with Crippen LogP contribution >= 0.6 is 0 Å². The highest BCUT2D eigenvalue weighted by atomic mass is 19.3. The van der Waals surface area contributed by atoms with E-state index in [4.69, 9.17) is 4.42 Å². The molecule has 0 aliphatic carbocycles. The number of carbonyl (C=O) groups is 1. The predicted molar refractivity (Wildman–Crippen MR) is 67.7 cm³/mol. The predicted octanol–water partition coefficient (Wildman–Crippen LogP) is 3.37. The van der Waals surface area contributed by atoms with Crippen molar-refractivity contribution in [3.05, 3.63) is 54.0 Å². The van der Waals surface area contributed by atoms with E-state index in [2.05, 4.69) is 10.1 Å². The van der Waals surface area contributed by atoms with E-state index in [0.29, 0.717) is 5.56 Å². The third-order valence-corrected chi connectivity index (χ3v) is 2.69. The number of carbonyl (C=O) groups excluding carboxylic acids is 1. The molecule has 1 heterocycles. The maximum absolute atomic E-state index is 12.3. The van der Waals surface area contributed by atoms with E-state index in [9.17, 15) is 13.6 Å². The maximum Gasteiger partial charge on any atom is 0.387 e. The number of halogens is 2. The molecule has 4 nitrogen and oxygen atoms in total. The lowest BCUT2D eigenvalue weighted by molar-refractivity contribution is -0.0506. The molecule has 0 saturated heterocycles. The molecule has 0 aliphatic rings. The summed E-state index contributed by atoms with van der Waals surface area (Å²) in [7, 11) is 0. The highest BCUT2D eigenvalue weighted by Gasteiger charge is 2.18. The van der Waals surface area contributed by atoms with Crippen molar-refractivity contribution < 1.29 is 22.7 Å². The van der Waals surface area contributed by atoms with Crippen LogP contribution in [0.25, 0.3) is 0 Å². The Morgan fingerprint density at radius 1 is 1.25 bits per heavy atom. The smallest absolute Gasteiger partial charge is 0.387 e. The molecule has 106 valence electrons. The van der Waals surface area contributed by atoms with Gasteiger partial charge in [0.2, 0.25) is 0 Å². The normalized spacial score (nSPS) is 12.2. The molecule has 1 amide bonds. The number of furan rings is 1. The Hall–Kier alpha value is -2.37. The van der Waals surface area contributed by atoms with Crippen molar-refractivity contribution in [3.63, 3.8) is 0 Å². The summed E-state index contributed by atoms with van der Waals surface area (Å²) >= 11 is 0. The minimum absolute atomic E-state index is 0.0368. The van der Waals surface area contributed by atoms with E-state index in [1.54, 1.807) is 31.2 Å². The topological polar surface area (TPSA) is 51.5 Å². The van der Waals surface area contributed by atoms with Gasteiger partial charge in [-0.15, -0.1) is 0 Å². The minimum Gasteiger partial charge on any atom is -0.459 e. The first kappa shape index (κ1) is 14.0. The summed E-state index contributed by atoms with van der Waals surface area (Å²) in [5.74, 6) is -0.229. The summed E-state index contributed by atoms with van der Waals surface area (Å²) in [6.07, 6.45) is 1.38. The van der Waals surface area contributed by atoms with Gasteiger partial charge in [-0.1, -0.05) is 18.2 Å². The van der Waals surface area contributed by atoms with Crippen molar-refractivity contribution in [2.24, 2.45) is 0 Å². The van der Waals surface area contributed by atoms with Crippen LogP contribution in [0.5, 0.6) is 5.75 Å². The zero-order chi connectivity index (χ0) is 14.5. The summed E-state index contributed by atoms with van der Waals surface area (Å²) in [5, 5.41) is 2.65.